The van der Waals surface area contributed by atoms with E-state index < -0.39 is 0 Å². The summed E-state index contributed by atoms with van der Waals surface area (Å²) in [7, 11) is 0. The molecule has 6 heteroatoms. The lowest BCUT2D eigenvalue weighted by Gasteiger charge is -2.60. The van der Waals surface area contributed by atoms with E-state index in [1.54, 1.807) is 0 Å². The predicted octanol–water partition coefficient (Wildman–Crippen LogP) is 4.33. The molecule has 0 unspecified atom stereocenters. The third kappa shape index (κ3) is 3.27. The van der Waals surface area contributed by atoms with Crippen molar-refractivity contribution >= 4 is 17.7 Å². The minimum absolute atomic E-state index is 0.0188. The quantitative estimate of drug-likeness (QED) is 0.420. The number of carbonyl (C=O) groups excluding carboxylic acids is 2. The van der Waals surface area contributed by atoms with E-state index in [1.807, 2.05) is 0 Å². The highest BCUT2D eigenvalue weighted by Crippen LogP contribution is 2.65. The molecule has 162 valence electrons. The zero-order chi connectivity index (χ0) is 21.0. The molecule has 8 atom stereocenters. The summed E-state index contributed by atoms with van der Waals surface area (Å²) < 4.78 is 11.3. The van der Waals surface area contributed by atoms with Crippen LogP contribution in [0.25, 0.3) is 0 Å². The third-order valence-electron chi connectivity index (χ3n) is 9.00. The zero-order valence-corrected chi connectivity index (χ0v) is 18.1. The Morgan fingerprint density at radius 2 is 1.72 bits per heavy atom. The maximum Gasteiger partial charge on any atom is 0.302 e. The van der Waals surface area contributed by atoms with E-state index in [2.05, 4.69) is 19.0 Å². The molecule has 0 bridgehead atoms. The molecule has 0 radical (unpaired) electrons. The highest BCUT2D eigenvalue weighted by atomic mass is 16.5. The molecular formula is C23H35NO5. The van der Waals surface area contributed by atoms with Crippen LogP contribution in [-0.4, -0.2) is 35.1 Å². The van der Waals surface area contributed by atoms with Gasteiger partial charge in [-0.2, -0.15) is 0 Å². The van der Waals surface area contributed by atoms with E-state index >= 15 is 0 Å². The molecule has 4 saturated carbocycles. The first kappa shape index (κ1) is 20.7. The van der Waals surface area contributed by atoms with Gasteiger partial charge < -0.3 is 14.7 Å². The van der Waals surface area contributed by atoms with Crippen LogP contribution in [0.5, 0.6) is 0 Å². The maximum atomic E-state index is 11.7. The van der Waals surface area contributed by atoms with Crippen molar-refractivity contribution in [2.75, 3.05) is 0 Å². The Morgan fingerprint density at radius 1 is 1.00 bits per heavy atom. The fourth-order valence-corrected chi connectivity index (χ4v) is 7.86. The van der Waals surface area contributed by atoms with Crippen LogP contribution in [0.3, 0.4) is 0 Å². The number of carbonyl (C=O) groups is 2. The van der Waals surface area contributed by atoms with Gasteiger partial charge in [-0.15, -0.1) is 0 Å². The molecule has 4 aliphatic rings. The number of hydrogen-bond acceptors (Lipinski definition) is 6. The Morgan fingerprint density at radius 3 is 2.38 bits per heavy atom. The van der Waals surface area contributed by atoms with Crippen LogP contribution in [0.1, 0.15) is 79.1 Å². The summed E-state index contributed by atoms with van der Waals surface area (Å²) in [5, 5.41) is 13.9. The van der Waals surface area contributed by atoms with E-state index in [9.17, 15) is 14.8 Å². The fourth-order valence-electron chi connectivity index (χ4n) is 7.86. The molecule has 0 aromatic carbocycles. The molecule has 0 saturated heterocycles. The Labute approximate surface area is 173 Å². The zero-order valence-electron chi connectivity index (χ0n) is 18.1. The van der Waals surface area contributed by atoms with Gasteiger partial charge in [0.1, 0.15) is 12.2 Å². The lowest BCUT2D eigenvalue weighted by atomic mass is 9.44. The second kappa shape index (κ2) is 7.28. The smallest absolute Gasteiger partial charge is 0.302 e. The van der Waals surface area contributed by atoms with Gasteiger partial charge in [-0.1, -0.05) is 19.0 Å². The van der Waals surface area contributed by atoms with Crippen molar-refractivity contribution in [1.29, 1.82) is 0 Å². The summed E-state index contributed by atoms with van der Waals surface area (Å²) in [5.74, 6) is 1.28. The average molecular weight is 406 g/mol. The normalized spacial score (nSPS) is 47.7. The first-order valence-corrected chi connectivity index (χ1v) is 11.2. The third-order valence-corrected chi connectivity index (χ3v) is 9.00. The van der Waals surface area contributed by atoms with Crippen molar-refractivity contribution in [3.8, 4) is 0 Å². The standard InChI is InChI=1S/C23H35NO5/c1-13(25)28-16-9-10-22(3)15(11-16)5-6-17-18-7-8-20(29-14(2)26)23(18,4)12-19(24-27)21(17)22/h15-18,20-21,27H,5-12H2,1-4H3/t15-,16+,17+,18-,20+,21-,22-,23-/m1/s1. The van der Waals surface area contributed by atoms with Crippen LogP contribution in [0.2, 0.25) is 0 Å². The number of nitrogens with zero attached hydrogens (tertiary/aromatic N) is 1. The first-order chi connectivity index (χ1) is 13.7. The van der Waals surface area contributed by atoms with Gasteiger partial charge in [0.25, 0.3) is 0 Å². The number of fused-ring (bicyclic) bond motifs is 5. The minimum atomic E-state index is -0.221. The van der Waals surface area contributed by atoms with Gasteiger partial charge in [-0.25, -0.2) is 0 Å². The van der Waals surface area contributed by atoms with Crippen molar-refractivity contribution in [2.24, 2.45) is 39.7 Å². The molecule has 1 N–H and O–H groups in total. The summed E-state index contributed by atoms with van der Waals surface area (Å²) in [6, 6.07) is 0. The molecule has 4 rings (SSSR count). The first-order valence-electron chi connectivity index (χ1n) is 11.2. The van der Waals surface area contributed by atoms with Gasteiger partial charge in [0.2, 0.25) is 0 Å². The lowest BCUT2D eigenvalue weighted by Crippen LogP contribution is -2.58. The van der Waals surface area contributed by atoms with Gasteiger partial charge in [0.15, 0.2) is 0 Å². The minimum Gasteiger partial charge on any atom is -0.463 e. The Kier molecular flexibility index (Phi) is 5.19. The fraction of sp³-hybridized carbons (Fsp3) is 0.870. The highest BCUT2D eigenvalue weighted by molar-refractivity contribution is 5.89. The van der Waals surface area contributed by atoms with Crippen LogP contribution in [0, 0.1) is 34.5 Å². The molecule has 0 aromatic heterocycles. The number of hydrogen-bond donors (Lipinski definition) is 1. The Bertz CT molecular complexity index is 720. The number of esters is 2. The number of rotatable bonds is 2. The van der Waals surface area contributed by atoms with Crippen molar-refractivity contribution in [3.63, 3.8) is 0 Å². The van der Waals surface area contributed by atoms with Crippen LogP contribution in [-0.2, 0) is 19.1 Å². The second-order valence-corrected chi connectivity index (χ2v) is 10.5. The molecule has 0 heterocycles. The summed E-state index contributed by atoms with van der Waals surface area (Å²) in [5.41, 5.74) is 0.820. The molecule has 0 spiro atoms. The lowest BCUT2D eigenvalue weighted by molar-refractivity contribution is -0.157. The molecular weight excluding hydrogens is 370 g/mol. The van der Waals surface area contributed by atoms with Gasteiger partial charge in [0, 0.05) is 25.2 Å². The number of ether oxygens (including phenoxy) is 2. The largest absolute Gasteiger partial charge is 0.463 e. The van der Waals surface area contributed by atoms with E-state index in [4.69, 9.17) is 9.47 Å². The van der Waals surface area contributed by atoms with Gasteiger partial charge >= 0.3 is 11.9 Å². The predicted molar refractivity (Wildman–Crippen MR) is 107 cm³/mol. The van der Waals surface area contributed by atoms with Crippen LogP contribution in [0.15, 0.2) is 5.16 Å². The molecule has 6 nitrogen and oxygen atoms in total. The monoisotopic (exact) mass is 405 g/mol. The molecule has 4 fully saturated rings. The Hall–Kier alpha value is -1.59. The van der Waals surface area contributed by atoms with E-state index in [-0.39, 0.29) is 40.9 Å². The Balaban J connectivity index is 1.61. The van der Waals surface area contributed by atoms with Gasteiger partial charge in [-0.05, 0) is 74.5 Å². The summed E-state index contributed by atoms with van der Waals surface area (Å²) >= 11 is 0. The summed E-state index contributed by atoms with van der Waals surface area (Å²) in [4.78, 5) is 23.1. The van der Waals surface area contributed by atoms with Crippen molar-refractivity contribution in [1.82, 2.24) is 0 Å². The molecule has 0 aromatic rings. The van der Waals surface area contributed by atoms with E-state index in [0.29, 0.717) is 24.2 Å². The maximum absolute atomic E-state index is 11.7. The van der Waals surface area contributed by atoms with Gasteiger partial charge in [0.05, 0.1) is 5.71 Å². The molecule has 0 amide bonds. The van der Waals surface area contributed by atoms with Crippen molar-refractivity contribution in [3.05, 3.63) is 0 Å². The van der Waals surface area contributed by atoms with Gasteiger partial charge in [-0.3, -0.25) is 9.59 Å². The highest BCUT2D eigenvalue weighted by Gasteiger charge is 2.63. The summed E-state index contributed by atoms with van der Waals surface area (Å²) in [6.45, 7) is 7.57. The number of oxime groups is 1. The molecule has 29 heavy (non-hydrogen) atoms. The van der Waals surface area contributed by atoms with Crippen LogP contribution in [0.4, 0.5) is 0 Å². The molecule has 4 aliphatic carbocycles. The average Bonchev–Trinajstić information content (AvgIpc) is 2.96. The molecule has 0 aliphatic heterocycles. The topological polar surface area (TPSA) is 85.2 Å². The van der Waals surface area contributed by atoms with Crippen molar-refractivity contribution < 1.29 is 24.3 Å². The summed E-state index contributed by atoms with van der Waals surface area (Å²) in [6.07, 6.45) is 7.61. The van der Waals surface area contributed by atoms with Crippen LogP contribution < -0.4 is 0 Å². The van der Waals surface area contributed by atoms with Crippen molar-refractivity contribution in [2.45, 2.75) is 91.3 Å². The van der Waals surface area contributed by atoms with Crippen LogP contribution >= 0.6 is 0 Å². The second-order valence-electron chi connectivity index (χ2n) is 10.5. The van der Waals surface area contributed by atoms with E-state index in [1.165, 1.54) is 13.8 Å². The van der Waals surface area contributed by atoms with E-state index in [0.717, 1.165) is 50.7 Å². The SMILES string of the molecule is CC(=O)O[C@H]1CC[C@]2(C)[C@H](CC[C@H]3[C@H]4CC[C@H](OC(C)=O)[C@]4(C)CC(=NO)[C@@H]32)C1.